The lowest BCUT2D eigenvalue weighted by molar-refractivity contribution is 0.276. The number of benzene rings is 1. The molecule has 1 rings (SSSR count). The molecule has 0 saturated heterocycles. The van der Waals surface area contributed by atoms with E-state index in [-0.39, 0.29) is 25.1 Å². The fourth-order valence-electron chi connectivity index (χ4n) is 1.47. The summed E-state index contributed by atoms with van der Waals surface area (Å²) < 4.78 is 0. The van der Waals surface area contributed by atoms with E-state index in [0.717, 1.165) is 5.56 Å². The molecule has 0 fully saturated rings. The fraction of sp³-hybridized carbons (Fsp3) is 0.455. The molecule has 3 heteroatoms. The molecule has 0 unspecified atom stereocenters. The van der Waals surface area contributed by atoms with Crippen LogP contribution >= 0.6 is 12.4 Å². The molecular weight excluding hydrogens is 198 g/mol. The Labute approximate surface area is 91.5 Å². The number of hydrogen-bond acceptors (Lipinski definition) is 2. The maximum Gasteiger partial charge on any atom is 0.0449 e. The summed E-state index contributed by atoms with van der Waals surface area (Å²) >= 11 is 0. The highest BCUT2D eigenvalue weighted by atomic mass is 35.5. The van der Waals surface area contributed by atoms with Gasteiger partial charge in [-0.3, -0.25) is 0 Å². The summed E-state index contributed by atoms with van der Waals surface area (Å²) in [5.74, 6) is 0. The van der Waals surface area contributed by atoms with Crippen LogP contribution in [0.2, 0.25) is 0 Å². The topological polar surface area (TPSA) is 46.2 Å². The molecule has 14 heavy (non-hydrogen) atoms. The van der Waals surface area contributed by atoms with E-state index in [1.807, 2.05) is 12.1 Å². The Kier molecular flexibility index (Phi) is 5.77. The van der Waals surface area contributed by atoms with Crippen LogP contribution in [-0.4, -0.2) is 11.7 Å². The SMILES string of the molecule is Cc1cccc([C@@H](N)CCO)c1C.Cl. The Balaban J connectivity index is 0.00000169. The number of aliphatic hydroxyl groups is 1. The molecule has 1 aromatic carbocycles. The predicted molar refractivity (Wildman–Crippen MR) is 61.8 cm³/mol. The Morgan fingerprint density at radius 3 is 2.57 bits per heavy atom. The van der Waals surface area contributed by atoms with Crippen molar-refractivity contribution in [2.75, 3.05) is 6.61 Å². The van der Waals surface area contributed by atoms with Crippen LogP contribution in [0.1, 0.15) is 29.2 Å². The van der Waals surface area contributed by atoms with Crippen molar-refractivity contribution in [3.8, 4) is 0 Å². The first-order valence-corrected chi connectivity index (χ1v) is 4.59. The van der Waals surface area contributed by atoms with Gasteiger partial charge >= 0.3 is 0 Å². The van der Waals surface area contributed by atoms with Crippen molar-refractivity contribution < 1.29 is 5.11 Å². The first kappa shape index (κ1) is 13.4. The van der Waals surface area contributed by atoms with E-state index in [4.69, 9.17) is 10.8 Å². The minimum absolute atomic E-state index is 0. The maximum absolute atomic E-state index is 8.78. The van der Waals surface area contributed by atoms with Crippen LogP contribution in [0.4, 0.5) is 0 Å². The summed E-state index contributed by atoms with van der Waals surface area (Å²) in [7, 11) is 0. The standard InChI is InChI=1S/C11H17NO.ClH/c1-8-4-3-5-10(9(8)2)11(12)6-7-13;/h3-5,11,13H,6-7,12H2,1-2H3;1H/t11-;/m0./s1. The molecule has 1 aromatic rings. The van der Waals surface area contributed by atoms with Gasteiger partial charge in [-0.05, 0) is 37.0 Å². The van der Waals surface area contributed by atoms with E-state index in [0.29, 0.717) is 6.42 Å². The number of hydrogen-bond donors (Lipinski definition) is 2. The molecule has 0 spiro atoms. The zero-order valence-electron chi connectivity index (χ0n) is 8.66. The number of rotatable bonds is 3. The minimum atomic E-state index is -0.0371. The zero-order chi connectivity index (χ0) is 9.84. The quantitative estimate of drug-likeness (QED) is 0.812. The second-order valence-corrected chi connectivity index (χ2v) is 3.41. The molecule has 0 bridgehead atoms. The maximum atomic E-state index is 8.78. The van der Waals surface area contributed by atoms with Gasteiger partial charge in [0, 0.05) is 12.6 Å². The third-order valence-electron chi connectivity index (χ3n) is 2.49. The van der Waals surface area contributed by atoms with Crippen LogP contribution < -0.4 is 5.73 Å². The monoisotopic (exact) mass is 215 g/mol. The number of aryl methyl sites for hydroxylation is 1. The summed E-state index contributed by atoms with van der Waals surface area (Å²) in [5, 5.41) is 8.78. The average Bonchev–Trinajstić information content (AvgIpc) is 2.10. The largest absolute Gasteiger partial charge is 0.396 e. The van der Waals surface area contributed by atoms with Crippen molar-refractivity contribution in [2.45, 2.75) is 26.3 Å². The van der Waals surface area contributed by atoms with Crippen LogP contribution in [0.5, 0.6) is 0 Å². The number of halogens is 1. The van der Waals surface area contributed by atoms with Crippen LogP contribution in [0.15, 0.2) is 18.2 Å². The van der Waals surface area contributed by atoms with Crippen molar-refractivity contribution in [3.05, 3.63) is 34.9 Å². The van der Waals surface area contributed by atoms with Gasteiger partial charge in [-0.2, -0.15) is 0 Å². The highest BCUT2D eigenvalue weighted by Crippen LogP contribution is 2.20. The molecule has 0 aromatic heterocycles. The van der Waals surface area contributed by atoms with Crippen molar-refractivity contribution in [3.63, 3.8) is 0 Å². The second kappa shape index (κ2) is 6.02. The van der Waals surface area contributed by atoms with Gasteiger partial charge in [-0.25, -0.2) is 0 Å². The van der Waals surface area contributed by atoms with Gasteiger partial charge in [0.1, 0.15) is 0 Å². The lowest BCUT2D eigenvalue weighted by Gasteiger charge is -2.14. The van der Waals surface area contributed by atoms with Crippen molar-refractivity contribution >= 4 is 12.4 Å². The van der Waals surface area contributed by atoms with E-state index in [2.05, 4.69) is 19.9 Å². The molecule has 0 radical (unpaired) electrons. The summed E-state index contributed by atoms with van der Waals surface area (Å²) in [6.07, 6.45) is 0.629. The van der Waals surface area contributed by atoms with Gasteiger partial charge in [0.2, 0.25) is 0 Å². The lowest BCUT2D eigenvalue weighted by atomic mass is 9.96. The second-order valence-electron chi connectivity index (χ2n) is 3.41. The summed E-state index contributed by atoms with van der Waals surface area (Å²) in [4.78, 5) is 0. The minimum Gasteiger partial charge on any atom is -0.396 e. The molecule has 0 aliphatic rings. The molecule has 2 nitrogen and oxygen atoms in total. The summed E-state index contributed by atoms with van der Waals surface area (Å²) in [5.41, 5.74) is 9.56. The number of aliphatic hydroxyl groups excluding tert-OH is 1. The Hall–Kier alpha value is -0.570. The van der Waals surface area contributed by atoms with Gasteiger partial charge in [-0.15, -0.1) is 12.4 Å². The van der Waals surface area contributed by atoms with Crippen molar-refractivity contribution in [2.24, 2.45) is 5.73 Å². The Bertz CT molecular complexity index is 289. The first-order chi connectivity index (χ1) is 6.16. The van der Waals surface area contributed by atoms with E-state index < -0.39 is 0 Å². The highest BCUT2D eigenvalue weighted by molar-refractivity contribution is 5.85. The molecule has 0 aliphatic carbocycles. The van der Waals surface area contributed by atoms with Gasteiger partial charge < -0.3 is 10.8 Å². The smallest absolute Gasteiger partial charge is 0.0449 e. The summed E-state index contributed by atoms with van der Waals surface area (Å²) in [6.45, 7) is 4.29. The van der Waals surface area contributed by atoms with Gasteiger partial charge in [-0.1, -0.05) is 18.2 Å². The molecule has 0 aliphatic heterocycles. The van der Waals surface area contributed by atoms with Crippen LogP contribution in [0, 0.1) is 13.8 Å². The first-order valence-electron chi connectivity index (χ1n) is 4.59. The number of nitrogens with two attached hydrogens (primary N) is 1. The molecule has 0 saturated carbocycles. The Morgan fingerprint density at radius 1 is 1.36 bits per heavy atom. The summed E-state index contributed by atoms with van der Waals surface area (Å²) in [6, 6.07) is 6.08. The van der Waals surface area contributed by atoms with E-state index >= 15 is 0 Å². The molecule has 80 valence electrons. The van der Waals surface area contributed by atoms with Crippen LogP contribution in [-0.2, 0) is 0 Å². The molecule has 0 amide bonds. The zero-order valence-corrected chi connectivity index (χ0v) is 9.47. The molecule has 1 atom stereocenters. The third-order valence-corrected chi connectivity index (χ3v) is 2.49. The van der Waals surface area contributed by atoms with Crippen molar-refractivity contribution in [1.29, 1.82) is 0 Å². The third kappa shape index (κ3) is 2.98. The molecule has 3 N–H and O–H groups in total. The van der Waals surface area contributed by atoms with E-state index in [1.165, 1.54) is 11.1 Å². The molecule has 0 heterocycles. The lowest BCUT2D eigenvalue weighted by Crippen LogP contribution is -2.13. The Morgan fingerprint density at radius 2 is 2.00 bits per heavy atom. The molecular formula is C11H18ClNO. The van der Waals surface area contributed by atoms with E-state index in [9.17, 15) is 0 Å². The van der Waals surface area contributed by atoms with Crippen molar-refractivity contribution in [1.82, 2.24) is 0 Å². The van der Waals surface area contributed by atoms with E-state index in [1.54, 1.807) is 0 Å². The average molecular weight is 216 g/mol. The van der Waals surface area contributed by atoms with Gasteiger partial charge in [0.25, 0.3) is 0 Å². The highest BCUT2D eigenvalue weighted by Gasteiger charge is 2.08. The van der Waals surface area contributed by atoms with Gasteiger partial charge in [0.15, 0.2) is 0 Å². The van der Waals surface area contributed by atoms with Crippen LogP contribution in [0.3, 0.4) is 0 Å². The van der Waals surface area contributed by atoms with Gasteiger partial charge in [0.05, 0.1) is 0 Å². The predicted octanol–water partition coefficient (Wildman–Crippen LogP) is 2.11. The normalized spacial score (nSPS) is 12.0. The fourth-order valence-corrected chi connectivity index (χ4v) is 1.47. The van der Waals surface area contributed by atoms with Crippen LogP contribution in [0.25, 0.3) is 0 Å².